The van der Waals surface area contributed by atoms with Crippen LogP contribution in [0.4, 0.5) is 10.5 Å². The first kappa shape index (κ1) is 31.2. The number of benzene rings is 4. The maximum atomic E-state index is 14.0. The van der Waals surface area contributed by atoms with Crippen LogP contribution in [0.5, 0.6) is 0 Å². The summed E-state index contributed by atoms with van der Waals surface area (Å²) in [6, 6.07) is 28.6. The molecule has 2 unspecified atom stereocenters. The lowest BCUT2D eigenvalue weighted by atomic mass is 10.1. The summed E-state index contributed by atoms with van der Waals surface area (Å²) < 4.78 is 33.3. The molecule has 3 atom stereocenters. The van der Waals surface area contributed by atoms with Gasteiger partial charge in [-0.1, -0.05) is 78.9 Å². The van der Waals surface area contributed by atoms with Gasteiger partial charge in [-0.15, -0.1) is 0 Å². The van der Waals surface area contributed by atoms with Crippen LogP contribution in [0.25, 0.3) is 10.8 Å². The number of nitrogens with two attached hydrogens (primary N) is 1. The summed E-state index contributed by atoms with van der Waals surface area (Å²) in [6.07, 6.45) is 0.851. The van der Waals surface area contributed by atoms with Crippen LogP contribution in [-0.2, 0) is 25.8 Å². The fraction of sp³-hybridized carbons (Fsp3) is 0.294. The standard InChI is InChI=1S/C34H38N4O5S/c1-25(38(34(40)37-20-22-43-23-21-37)29-18-17-27-12-8-9-13-28(27)24-29)32(39)36-33(44(41,42)30-14-6-3-7-15-30)31(35)19-16-26-10-4-2-5-11-26/h2-15,17-18,24-25,31,33H,16,19-23,35H2,1H3,(H,36,39)/t25-,31?,33?/m0/s1. The Morgan fingerprint density at radius 1 is 0.886 bits per heavy atom. The summed E-state index contributed by atoms with van der Waals surface area (Å²) in [5.41, 5.74) is 8.11. The second-order valence-corrected chi connectivity index (χ2v) is 13.0. The Labute approximate surface area is 258 Å². The number of carbonyl (C=O) groups is 2. The van der Waals surface area contributed by atoms with E-state index >= 15 is 0 Å². The Hall–Kier alpha value is -4.25. The Kier molecular flexibility index (Phi) is 9.94. The van der Waals surface area contributed by atoms with Crippen molar-refractivity contribution in [2.75, 3.05) is 31.2 Å². The minimum Gasteiger partial charge on any atom is -0.378 e. The molecule has 1 heterocycles. The number of hydrogen-bond acceptors (Lipinski definition) is 6. The van der Waals surface area contributed by atoms with E-state index in [1.165, 1.54) is 17.0 Å². The third-order valence-corrected chi connectivity index (χ3v) is 10.0. The fourth-order valence-corrected chi connectivity index (χ4v) is 7.11. The van der Waals surface area contributed by atoms with Crippen LogP contribution < -0.4 is 16.0 Å². The van der Waals surface area contributed by atoms with Crippen LogP contribution >= 0.6 is 0 Å². The fourth-order valence-electron chi connectivity index (χ4n) is 5.41. The zero-order chi connectivity index (χ0) is 31.1. The molecule has 1 saturated heterocycles. The van der Waals surface area contributed by atoms with Gasteiger partial charge in [-0.05, 0) is 60.4 Å². The summed E-state index contributed by atoms with van der Waals surface area (Å²) in [4.78, 5) is 31.1. The molecule has 0 aliphatic carbocycles. The maximum Gasteiger partial charge on any atom is 0.325 e. The lowest BCUT2D eigenvalue weighted by molar-refractivity contribution is -0.122. The number of sulfone groups is 1. The lowest BCUT2D eigenvalue weighted by Crippen LogP contribution is -2.59. The van der Waals surface area contributed by atoms with Gasteiger partial charge in [-0.3, -0.25) is 9.69 Å². The molecule has 0 saturated carbocycles. The molecule has 10 heteroatoms. The molecule has 1 fully saturated rings. The number of morpholine rings is 1. The number of amides is 3. The zero-order valence-electron chi connectivity index (χ0n) is 24.7. The molecule has 9 nitrogen and oxygen atoms in total. The molecule has 3 amide bonds. The van der Waals surface area contributed by atoms with E-state index in [0.717, 1.165) is 16.3 Å². The van der Waals surface area contributed by atoms with Crippen LogP contribution in [0.15, 0.2) is 108 Å². The monoisotopic (exact) mass is 614 g/mol. The molecule has 0 spiro atoms. The normalized spacial score (nSPS) is 15.7. The Morgan fingerprint density at radius 2 is 1.50 bits per heavy atom. The van der Waals surface area contributed by atoms with Crippen molar-refractivity contribution in [1.29, 1.82) is 0 Å². The van der Waals surface area contributed by atoms with Gasteiger partial charge in [0.15, 0.2) is 5.37 Å². The van der Waals surface area contributed by atoms with Crippen molar-refractivity contribution < 1.29 is 22.7 Å². The van der Waals surface area contributed by atoms with E-state index in [4.69, 9.17) is 10.5 Å². The van der Waals surface area contributed by atoms with Crippen molar-refractivity contribution in [2.24, 2.45) is 5.73 Å². The van der Waals surface area contributed by atoms with Crippen LogP contribution in [0.2, 0.25) is 0 Å². The van der Waals surface area contributed by atoms with Gasteiger partial charge in [-0.25, -0.2) is 13.2 Å². The Balaban J connectivity index is 1.46. The van der Waals surface area contributed by atoms with Crippen LogP contribution in [0.3, 0.4) is 0 Å². The van der Waals surface area contributed by atoms with E-state index in [9.17, 15) is 18.0 Å². The highest BCUT2D eigenvalue weighted by atomic mass is 32.2. The molecule has 230 valence electrons. The molecular formula is C34H38N4O5S. The SMILES string of the molecule is C[C@@H](C(=O)NC(C(N)CCc1ccccc1)S(=O)(=O)c1ccccc1)N(C(=O)N1CCOCC1)c1ccc2ccccc2c1. The number of aryl methyl sites for hydroxylation is 1. The van der Waals surface area contributed by atoms with Gasteiger partial charge in [0.1, 0.15) is 6.04 Å². The molecule has 1 aliphatic rings. The molecule has 0 bridgehead atoms. The van der Waals surface area contributed by atoms with Gasteiger partial charge < -0.3 is 20.7 Å². The Morgan fingerprint density at radius 3 is 2.18 bits per heavy atom. The van der Waals surface area contributed by atoms with E-state index < -0.39 is 33.2 Å². The first-order valence-corrected chi connectivity index (χ1v) is 16.3. The number of ether oxygens (including phenoxy) is 1. The molecule has 1 aliphatic heterocycles. The molecule has 5 rings (SSSR count). The number of carbonyl (C=O) groups excluding carboxylic acids is 2. The summed E-state index contributed by atoms with van der Waals surface area (Å²) in [5.74, 6) is -0.626. The molecule has 0 aromatic heterocycles. The molecule has 4 aromatic carbocycles. The third-order valence-electron chi connectivity index (χ3n) is 7.95. The maximum absolute atomic E-state index is 14.0. The highest BCUT2D eigenvalue weighted by Crippen LogP contribution is 2.26. The topological polar surface area (TPSA) is 122 Å². The predicted octanol–water partition coefficient (Wildman–Crippen LogP) is 4.36. The minimum atomic E-state index is -4.08. The predicted molar refractivity (Wildman–Crippen MR) is 172 cm³/mol. The third kappa shape index (κ3) is 7.10. The first-order valence-electron chi connectivity index (χ1n) is 14.8. The summed E-state index contributed by atoms with van der Waals surface area (Å²) >= 11 is 0. The van der Waals surface area contributed by atoms with Gasteiger partial charge in [0.05, 0.1) is 18.1 Å². The number of nitrogens with one attached hydrogen (secondary N) is 1. The highest BCUT2D eigenvalue weighted by molar-refractivity contribution is 7.92. The lowest BCUT2D eigenvalue weighted by Gasteiger charge is -2.36. The largest absolute Gasteiger partial charge is 0.378 e. The van der Waals surface area contributed by atoms with Gasteiger partial charge in [0, 0.05) is 24.8 Å². The minimum absolute atomic E-state index is 0.0592. The van der Waals surface area contributed by atoms with Crippen LogP contribution in [-0.4, -0.2) is 69.0 Å². The number of urea groups is 1. The van der Waals surface area contributed by atoms with Crippen LogP contribution in [0, 0.1) is 0 Å². The van der Waals surface area contributed by atoms with Gasteiger partial charge in [0.2, 0.25) is 15.7 Å². The average molecular weight is 615 g/mol. The number of rotatable bonds is 10. The first-order chi connectivity index (χ1) is 21.3. The molecular weight excluding hydrogens is 576 g/mol. The van der Waals surface area contributed by atoms with Gasteiger partial charge >= 0.3 is 6.03 Å². The van der Waals surface area contributed by atoms with E-state index in [1.54, 1.807) is 36.1 Å². The van der Waals surface area contributed by atoms with Crippen molar-refractivity contribution in [1.82, 2.24) is 10.2 Å². The second kappa shape index (κ2) is 14.0. The van der Waals surface area contributed by atoms with E-state index in [0.29, 0.717) is 44.8 Å². The van der Waals surface area contributed by atoms with Crippen molar-refractivity contribution in [2.45, 2.75) is 42.1 Å². The van der Waals surface area contributed by atoms with E-state index in [-0.39, 0.29) is 10.9 Å². The number of hydrogen-bond donors (Lipinski definition) is 2. The van der Waals surface area contributed by atoms with Crippen molar-refractivity contribution in [3.8, 4) is 0 Å². The molecule has 3 N–H and O–H groups in total. The second-order valence-electron chi connectivity index (χ2n) is 10.9. The molecule has 4 aromatic rings. The number of nitrogens with zero attached hydrogens (tertiary/aromatic N) is 2. The molecule has 44 heavy (non-hydrogen) atoms. The Bertz CT molecular complexity index is 1680. The number of anilines is 1. The quantitative estimate of drug-likeness (QED) is 0.274. The van der Waals surface area contributed by atoms with Crippen molar-refractivity contribution in [3.63, 3.8) is 0 Å². The van der Waals surface area contributed by atoms with Crippen LogP contribution in [0.1, 0.15) is 18.9 Å². The van der Waals surface area contributed by atoms with Crippen molar-refractivity contribution >= 4 is 38.2 Å². The zero-order valence-corrected chi connectivity index (χ0v) is 25.5. The number of fused-ring (bicyclic) bond motifs is 1. The van der Waals surface area contributed by atoms with E-state index in [1.807, 2.05) is 66.7 Å². The van der Waals surface area contributed by atoms with Gasteiger partial charge in [0.25, 0.3) is 0 Å². The van der Waals surface area contributed by atoms with E-state index in [2.05, 4.69) is 5.32 Å². The average Bonchev–Trinajstić information content (AvgIpc) is 3.07. The summed E-state index contributed by atoms with van der Waals surface area (Å²) in [7, 11) is -4.08. The van der Waals surface area contributed by atoms with Gasteiger partial charge in [-0.2, -0.15) is 0 Å². The summed E-state index contributed by atoms with van der Waals surface area (Å²) in [6.45, 7) is 3.15. The van der Waals surface area contributed by atoms with Crippen molar-refractivity contribution in [3.05, 3.63) is 109 Å². The summed E-state index contributed by atoms with van der Waals surface area (Å²) in [5, 5.41) is 3.23. The smallest absolute Gasteiger partial charge is 0.325 e. The molecule has 0 radical (unpaired) electrons. The highest BCUT2D eigenvalue weighted by Gasteiger charge is 2.38.